The van der Waals surface area contributed by atoms with Gasteiger partial charge in [0.1, 0.15) is 5.75 Å². The third-order valence-electron chi connectivity index (χ3n) is 2.82. The van der Waals surface area contributed by atoms with Crippen molar-refractivity contribution in [3.05, 3.63) is 23.8 Å². The van der Waals surface area contributed by atoms with Gasteiger partial charge in [0.15, 0.2) is 5.60 Å². The van der Waals surface area contributed by atoms with Crippen molar-refractivity contribution in [3.63, 3.8) is 0 Å². The molecule has 17 heavy (non-hydrogen) atoms. The van der Waals surface area contributed by atoms with Gasteiger partial charge in [-0.2, -0.15) is 5.26 Å². The number of hydrogen-bond donors (Lipinski definition) is 0. The summed E-state index contributed by atoms with van der Waals surface area (Å²) < 4.78 is 5.66. The third kappa shape index (κ3) is 1.74. The normalized spacial score (nSPS) is 17.1. The number of benzene rings is 1. The maximum Gasteiger partial charge on any atom is 0.270 e. The molecule has 0 aliphatic carbocycles. The van der Waals surface area contributed by atoms with Gasteiger partial charge in [-0.25, -0.2) is 0 Å². The fraction of sp³-hybridized carbons (Fsp3) is 0.385. The van der Waals surface area contributed by atoms with Crippen molar-refractivity contribution >= 4 is 11.6 Å². The number of likely N-dealkylation sites (N-methyl/N-ethyl adjacent to an activating group) is 1. The molecule has 1 heterocycles. The second-order valence-corrected chi connectivity index (χ2v) is 4.46. The van der Waals surface area contributed by atoms with Gasteiger partial charge < -0.3 is 9.64 Å². The molecule has 0 aromatic heterocycles. The van der Waals surface area contributed by atoms with Crippen LogP contribution in [0.15, 0.2) is 18.2 Å². The largest absolute Gasteiger partial charge is 0.476 e. The van der Waals surface area contributed by atoms with Gasteiger partial charge in [-0.05, 0) is 32.9 Å². The first kappa shape index (κ1) is 11.5. The van der Waals surface area contributed by atoms with E-state index in [0.717, 1.165) is 5.69 Å². The van der Waals surface area contributed by atoms with E-state index in [1.54, 1.807) is 36.9 Å². The fourth-order valence-electron chi connectivity index (χ4n) is 1.96. The Morgan fingerprint density at radius 1 is 1.47 bits per heavy atom. The van der Waals surface area contributed by atoms with Crippen LogP contribution in [-0.4, -0.2) is 18.1 Å². The smallest absolute Gasteiger partial charge is 0.270 e. The van der Waals surface area contributed by atoms with E-state index in [-0.39, 0.29) is 5.91 Å². The molecule has 0 unspecified atom stereocenters. The van der Waals surface area contributed by atoms with Crippen LogP contribution in [0.5, 0.6) is 5.75 Å². The number of ether oxygens (including phenoxy) is 1. The minimum atomic E-state index is -0.878. The van der Waals surface area contributed by atoms with Crippen LogP contribution in [0.25, 0.3) is 0 Å². The van der Waals surface area contributed by atoms with Crippen LogP contribution < -0.4 is 9.64 Å². The highest BCUT2D eigenvalue weighted by atomic mass is 16.5. The second-order valence-electron chi connectivity index (χ2n) is 4.46. The Bertz CT molecular complexity index is 515. The summed E-state index contributed by atoms with van der Waals surface area (Å²) in [4.78, 5) is 13.8. The highest BCUT2D eigenvalue weighted by molar-refractivity contribution is 6.02. The summed E-state index contributed by atoms with van der Waals surface area (Å²) in [7, 11) is 0. The van der Waals surface area contributed by atoms with E-state index < -0.39 is 5.60 Å². The van der Waals surface area contributed by atoms with Crippen molar-refractivity contribution in [2.75, 3.05) is 11.4 Å². The van der Waals surface area contributed by atoms with E-state index in [9.17, 15) is 4.79 Å². The molecule has 0 fully saturated rings. The van der Waals surface area contributed by atoms with Gasteiger partial charge in [0.2, 0.25) is 0 Å². The molecule has 88 valence electrons. The summed E-state index contributed by atoms with van der Waals surface area (Å²) in [5.74, 6) is 0.535. The number of fused-ring (bicyclic) bond motifs is 1. The molecule has 4 nitrogen and oxygen atoms in total. The van der Waals surface area contributed by atoms with Gasteiger partial charge in [0.25, 0.3) is 5.91 Å². The molecule has 0 saturated heterocycles. The fourth-order valence-corrected chi connectivity index (χ4v) is 1.96. The maximum atomic E-state index is 12.1. The Balaban J connectivity index is 2.57. The molecule has 1 aliphatic rings. The third-order valence-corrected chi connectivity index (χ3v) is 2.82. The number of nitrogens with zero attached hydrogens (tertiary/aromatic N) is 2. The average Bonchev–Trinajstić information content (AvgIpc) is 2.30. The molecule has 1 aliphatic heterocycles. The number of nitriles is 1. The topological polar surface area (TPSA) is 53.3 Å². The van der Waals surface area contributed by atoms with E-state index in [1.807, 2.05) is 6.92 Å². The second kappa shape index (κ2) is 3.77. The van der Waals surface area contributed by atoms with Crippen LogP contribution in [0.1, 0.15) is 26.3 Å². The minimum absolute atomic E-state index is 0.0581. The molecule has 0 N–H and O–H groups in total. The molecule has 1 amide bonds. The van der Waals surface area contributed by atoms with E-state index >= 15 is 0 Å². The first-order valence-electron chi connectivity index (χ1n) is 5.54. The van der Waals surface area contributed by atoms with Crippen molar-refractivity contribution in [2.24, 2.45) is 0 Å². The number of rotatable bonds is 1. The summed E-state index contributed by atoms with van der Waals surface area (Å²) in [6.45, 7) is 5.98. The van der Waals surface area contributed by atoms with E-state index in [2.05, 4.69) is 6.07 Å². The zero-order valence-corrected chi connectivity index (χ0v) is 10.2. The predicted molar refractivity (Wildman–Crippen MR) is 63.9 cm³/mol. The zero-order chi connectivity index (χ0) is 12.6. The summed E-state index contributed by atoms with van der Waals surface area (Å²) in [6.07, 6.45) is 0. The number of hydrogen-bond acceptors (Lipinski definition) is 3. The van der Waals surface area contributed by atoms with Crippen molar-refractivity contribution < 1.29 is 9.53 Å². The molecule has 1 aromatic rings. The Morgan fingerprint density at radius 2 is 2.18 bits per heavy atom. The standard InChI is InChI=1S/C13H14N2O2/c1-4-15-10-6-5-9(8-14)7-11(10)17-13(2,3)12(15)16/h5-7H,4H2,1-3H3. The van der Waals surface area contributed by atoms with Gasteiger partial charge in [-0.1, -0.05) is 0 Å². The number of carbonyl (C=O) groups excluding carboxylic acids is 1. The van der Waals surface area contributed by atoms with Crippen LogP contribution in [0, 0.1) is 11.3 Å². The van der Waals surface area contributed by atoms with Gasteiger partial charge in [-0.3, -0.25) is 4.79 Å². The van der Waals surface area contributed by atoms with Crippen molar-refractivity contribution in [1.29, 1.82) is 5.26 Å². The molecule has 0 radical (unpaired) electrons. The molecule has 0 bridgehead atoms. The number of amides is 1. The Morgan fingerprint density at radius 3 is 2.76 bits per heavy atom. The molecule has 0 saturated carbocycles. The molecule has 2 rings (SSSR count). The lowest BCUT2D eigenvalue weighted by molar-refractivity contribution is -0.132. The molecular formula is C13H14N2O2. The Hall–Kier alpha value is -2.02. The lowest BCUT2D eigenvalue weighted by Gasteiger charge is -2.38. The minimum Gasteiger partial charge on any atom is -0.476 e. The van der Waals surface area contributed by atoms with Crippen molar-refractivity contribution in [3.8, 4) is 11.8 Å². The zero-order valence-electron chi connectivity index (χ0n) is 10.2. The average molecular weight is 230 g/mol. The van der Waals surface area contributed by atoms with Crippen molar-refractivity contribution in [1.82, 2.24) is 0 Å². The lowest BCUT2D eigenvalue weighted by Crippen LogP contribution is -2.52. The molecular weight excluding hydrogens is 216 g/mol. The highest BCUT2D eigenvalue weighted by Crippen LogP contribution is 2.37. The number of anilines is 1. The van der Waals surface area contributed by atoms with E-state index in [1.165, 1.54) is 0 Å². The Kier molecular flexibility index (Phi) is 2.55. The van der Waals surface area contributed by atoms with Crippen LogP contribution in [0.4, 0.5) is 5.69 Å². The SMILES string of the molecule is CCN1C(=O)C(C)(C)Oc2cc(C#N)ccc21. The highest BCUT2D eigenvalue weighted by Gasteiger charge is 2.40. The van der Waals surface area contributed by atoms with Crippen molar-refractivity contribution in [2.45, 2.75) is 26.4 Å². The van der Waals surface area contributed by atoms with Gasteiger partial charge >= 0.3 is 0 Å². The summed E-state index contributed by atoms with van der Waals surface area (Å²) in [6, 6.07) is 7.18. The number of carbonyl (C=O) groups is 1. The molecule has 1 aromatic carbocycles. The first-order chi connectivity index (χ1) is 7.99. The van der Waals surface area contributed by atoms with Gasteiger partial charge in [-0.15, -0.1) is 0 Å². The summed E-state index contributed by atoms with van der Waals surface area (Å²) >= 11 is 0. The monoisotopic (exact) mass is 230 g/mol. The van der Waals surface area contributed by atoms with Gasteiger partial charge in [0, 0.05) is 12.6 Å². The van der Waals surface area contributed by atoms with Crippen LogP contribution in [0.3, 0.4) is 0 Å². The molecule has 0 atom stereocenters. The van der Waals surface area contributed by atoms with Gasteiger partial charge in [0.05, 0.1) is 17.3 Å². The van der Waals surface area contributed by atoms with E-state index in [4.69, 9.17) is 10.00 Å². The molecule has 0 spiro atoms. The first-order valence-corrected chi connectivity index (χ1v) is 5.54. The lowest BCUT2D eigenvalue weighted by atomic mass is 10.0. The van der Waals surface area contributed by atoms with Crippen LogP contribution >= 0.6 is 0 Å². The maximum absolute atomic E-state index is 12.1. The van der Waals surface area contributed by atoms with Crippen LogP contribution in [-0.2, 0) is 4.79 Å². The van der Waals surface area contributed by atoms with Crippen LogP contribution in [0.2, 0.25) is 0 Å². The Labute approximate surface area is 100 Å². The summed E-state index contributed by atoms with van der Waals surface area (Å²) in [5.41, 5.74) is 0.387. The quantitative estimate of drug-likeness (QED) is 0.742. The van der Waals surface area contributed by atoms with E-state index in [0.29, 0.717) is 17.9 Å². The molecule has 4 heteroatoms. The predicted octanol–water partition coefficient (Wildman–Crippen LogP) is 2.08. The summed E-state index contributed by atoms with van der Waals surface area (Å²) in [5, 5.41) is 8.86.